The molecule has 3 aliphatic heterocycles. The fourth-order valence-electron chi connectivity index (χ4n) is 7.65. The van der Waals surface area contributed by atoms with E-state index in [-0.39, 0.29) is 10.8 Å². The lowest BCUT2D eigenvalue weighted by molar-refractivity contribution is 0.255. The molecule has 2 aromatic heterocycles. The van der Waals surface area contributed by atoms with E-state index in [0.29, 0.717) is 65.6 Å². The van der Waals surface area contributed by atoms with Gasteiger partial charge in [-0.05, 0) is 49.7 Å². The second kappa shape index (κ2) is 9.07. The Balaban J connectivity index is 1.13. The number of nitrogens with two attached hydrogens (primary N) is 1. The lowest BCUT2D eigenvalue weighted by atomic mass is 9.74. The van der Waals surface area contributed by atoms with E-state index in [9.17, 15) is 10.5 Å². The number of anilines is 3. The van der Waals surface area contributed by atoms with E-state index < -0.39 is 0 Å². The summed E-state index contributed by atoms with van der Waals surface area (Å²) in [5.74, 6) is 1.32. The number of ether oxygens (including phenoxy) is 1. The van der Waals surface area contributed by atoms with Gasteiger partial charge in [0.15, 0.2) is 11.6 Å². The summed E-state index contributed by atoms with van der Waals surface area (Å²) in [6.45, 7) is 3.57. The summed E-state index contributed by atoms with van der Waals surface area (Å²) in [4.78, 5) is 15.5. The van der Waals surface area contributed by atoms with Crippen LogP contribution in [0.25, 0.3) is 0 Å². The highest BCUT2D eigenvalue weighted by Crippen LogP contribution is 2.53. The number of thiophene rings is 1. The van der Waals surface area contributed by atoms with E-state index in [1.54, 1.807) is 11.3 Å². The summed E-state index contributed by atoms with van der Waals surface area (Å²) < 4.78 is 6.40. The molecule has 2 bridgehead atoms. The van der Waals surface area contributed by atoms with Gasteiger partial charge in [-0.15, -0.1) is 11.3 Å². The number of nitrogen functional groups attached to an aromatic ring is 1. The van der Waals surface area contributed by atoms with Crippen molar-refractivity contribution in [1.82, 2.24) is 15.3 Å². The smallest absolute Gasteiger partial charge is 0.320 e. The first-order valence-corrected chi connectivity index (χ1v) is 15.4. The molecule has 4 fully saturated rings. The van der Waals surface area contributed by atoms with E-state index in [2.05, 4.69) is 51.5 Å². The number of hydrogen-bond donors (Lipinski definition) is 2. The second-order valence-electron chi connectivity index (χ2n) is 12.5. The molecular weight excluding hydrogens is 532 g/mol. The van der Waals surface area contributed by atoms with Crippen molar-refractivity contribution >= 4 is 28.0 Å². The first-order valence-electron chi connectivity index (χ1n) is 14.6. The third kappa shape index (κ3) is 3.88. The lowest BCUT2D eigenvalue weighted by Crippen LogP contribution is -2.59. The normalized spacial score (nSPS) is 24.4. The topological polar surface area (TPSA) is 127 Å². The molecule has 10 heteroatoms. The minimum absolute atomic E-state index is 0.000632. The first kappa shape index (κ1) is 24.9. The summed E-state index contributed by atoms with van der Waals surface area (Å²) in [5, 5.41) is 24.6. The SMILES string of the molecule is N#Cc1c(N2CC3CC[C@@H](C2)N3)nc(OCC2(c3ccccc3)CC2)nc1N1CC2(CCc3sc(N)c(C#N)c32)C1. The van der Waals surface area contributed by atoms with Crippen LogP contribution >= 0.6 is 11.3 Å². The third-order valence-electron chi connectivity index (χ3n) is 9.96. The Bertz CT molecular complexity index is 1600. The zero-order valence-corrected chi connectivity index (χ0v) is 23.7. The number of benzene rings is 1. The Morgan fingerprint density at radius 2 is 1.66 bits per heavy atom. The Labute approximate surface area is 243 Å². The minimum Gasteiger partial charge on any atom is -0.462 e. The molecule has 1 saturated carbocycles. The van der Waals surface area contributed by atoms with Crippen molar-refractivity contribution in [2.24, 2.45) is 0 Å². The van der Waals surface area contributed by atoms with Crippen LogP contribution in [0.15, 0.2) is 30.3 Å². The molecular formula is C31H32N8OS. The molecule has 41 heavy (non-hydrogen) atoms. The standard InChI is InChI=1S/C31H32N8OS/c32-12-22-25-24(41-26(22)34)8-9-31(25)16-39(17-31)28-23(13-33)27(38-14-20-6-7-21(15-38)35-20)36-29(37-28)40-18-30(10-11-30)19-4-2-1-3-5-19/h1-5,20-21,35H,6-11,14-18,34H2/t20-,21?/m0/s1. The fraction of sp³-hybridized carbons (Fsp3) is 0.484. The first-order chi connectivity index (χ1) is 20.0. The van der Waals surface area contributed by atoms with Crippen LogP contribution in [0.5, 0.6) is 6.01 Å². The average Bonchev–Trinajstić information content (AvgIpc) is 3.44. The van der Waals surface area contributed by atoms with Gasteiger partial charge >= 0.3 is 6.01 Å². The maximum Gasteiger partial charge on any atom is 0.320 e. The highest BCUT2D eigenvalue weighted by molar-refractivity contribution is 7.16. The van der Waals surface area contributed by atoms with Crippen molar-refractivity contribution < 1.29 is 4.74 Å². The van der Waals surface area contributed by atoms with Crippen molar-refractivity contribution in [3.63, 3.8) is 0 Å². The largest absolute Gasteiger partial charge is 0.462 e. The molecule has 208 valence electrons. The molecule has 1 aromatic carbocycles. The quantitative estimate of drug-likeness (QED) is 0.461. The van der Waals surface area contributed by atoms with Gasteiger partial charge in [0, 0.05) is 54.0 Å². The van der Waals surface area contributed by atoms with Crippen LogP contribution in [0.4, 0.5) is 16.6 Å². The molecule has 9 nitrogen and oxygen atoms in total. The van der Waals surface area contributed by atoms with Gasteiger partial charge in [-0.1, -0.05) is 30.3 Å². The van der Waals surface area contributed by atoms with Gasteiger partial charge in [0.25, 0.3) is 0 Å². The molecule has 0 amide bonds. The van der Waals surface area contributed by atoms with Gasteiger partial charge in [0.05, 0.1) is 5.56 Å². The Morgan fingerprint density at radius 1 is 0.976 bits per heavy atom. The van der Waals surface area contributed by atoms with Crippen LogP contribution in [0.2, 0.25) is 0 Å². The number of piperazine rings is 1. The van der Waals surface area contributed by atoms with Crippen molar-refractivity contribution in [2.45, 2.75) is 61.4 Å². The van der Waals surface area contributed by atoms with Crippen LogP contribution < -0.4 is 25.6 Å². The van der Waals surface area contributed by atoms with Crippen LogP contribution in [-0.4, -0.2) is 54.8 Å². The molecule has 1 spiro atoms. The molecule has 5 heterocycles. The summed E-state index contributed by atoms with van der Waals surface area (Å²) in [7, 11) is 0. The van der Waals surface area contributed by atoms with Gasteiger partial charge in [-0.2, -0.15) is 20.5 Å². The number of aryl methyl sites for hydroxylation is 1. The molecule has 0 radical (unpaired) electrons. The van der Waals surface area contributed by atoms with Crippen LogP contribution in [0, 0.1) is 22.7 Å². The maximum atomic E-state index is 10.5. The average molecular weight is 565 g/mol. The van der Waals surface area contributed by atoms with Crippen molar-refractivity contribution in [2.75, 3.05) is 48.3 Å². The van der Waals surface area contributed by atoms with Gasteiger partial charge in [0.1, 0.15) is 29.3 Å². The number of hydrogen-bond acceptors (Lipinski definition) is 10. The number of nitrogens with zero attached hydrogens (tertiary/aromatic N) is 6. The second-order valence-corrected chi connectivity index (χ2v) is 13.6. The zero-order valence-electron chi connectivity index (χ0n) is 22.9. The Hall–Kier alpha value is -3.86. The lowest BCUT2D eigenvalue weighted by Gasteiger charge is -2.49. The molecule has 3 aromatic rings. The fourth-order valence-corrected chi connectivity index (χ4v) is 8.79. The predicted molar refractivity (Wildman–Crippen MR) is 157 cm³/mol. The highest BCUT2D eigenvalue weighted by Gasteiger charge is 2.52. The number of nitriles is 2. The number of nitrogens with one attached hydrogen (secondary N) is 1. The molecule has 3 saturated heterocycles. The van der Waals surface area contributed by atoms with E-state index in [1.807, 2.05) is 6.07 Å². The van der Waals surface area contributed by atoms with E-state index >= 15 is 0 Å². The zero-order chi connectivity index (χ0) is 27.8. The molecule has 2 aliphatic carbocycles. The summed E-state index contributed by atoms with van der Waals surface area (Å²) >= 11 is 1.55. The van der Waals surface area contributed by atoms with E-state index in [4.69, 9.17) is 20.4 Å². The molecule has 8 rings (SSSR count). The Kier molecular flexibility index (Phi) is 5.51. The number of aromatic nitrogens is 2. The highest BCUT2D eigenvalue weighted by atomic mass is 32.1. The minimum atomic E-state index is -0.118. The van der Waals surface area contributed by atoms with Crippen molar-refractivity contribution in [1.29, 1.82) is 10.5 Å². The summed E-state index contributed by atoms with van der Waals surface area (Å²) in [5.41, 5.74) is 9.66. The predicted octanol–water partition coefficient (Wildman–Crippen LogP) is 3.62. The summed E-state index contributed by atoms with van der Waals surface area (Å²) in [6.07, 6.45) is 6.38. The van der Waals surface area contributed by atoms with E-state index in [1.165, 1.54) is 10.4 Å². The maximum absolute atomic E-state index is 10.5. The van der Waals surface area contributed by atoms with Crippen LogP contribution in [-0.2, 0) is 17.3 Å². The number of fused-ring (bicyclic) bond motifs is 4. The van der Waals surface area contributed by atoms with E-state index in [0.717, 1.165) is 57.2 Å². The van der Waals surface area contributed by atoms with Crippen molar-refractivity contribution in [3.05, 3.63) is 57.5 Å². The third-order valence-corrected chi connectivity index (χ3v) is 11.0. The summed E-state index contributed by atoms with van der Waals surface area (Å²) in [6, 6.07) is 16.5. The van der Waals surface area contributed by atoms with Gasteiger partial charge < -0.3 is 25.6 Å². The van der Waals surface area contributed by atoms with Gasteiger partial charge in [0.2, 0.25) is 0 Å². The van der Waals surface area contributed by atoms with Gasteiger partial charge in [-0.3, -0.25) is 0 Å². The van der Waals surface area contributed by atoms with Crippen molar-refractivity contribution in [3.8, 4) is 18.1 Å². The monoisotopic (exact) mass is 564 g/mol. The number of rotatable bonds is 6. The molecule has 1 unspecified atom stereocenters. The molecule has 2 atom stereocenters. The molecule has 3 N–H and O–H groups in total. The molecule has 5 aliphatic rings. The van der Waals surface area contributed by atoms with Gasteiger partial charge in [-0.25, -0.2) is 0 Å². The van der Waals surface area contributed by atoms with Crippen LogP contribution in [0.3, 0.4) is 0 Å². The Morgan fingerprint density at radius 3 is 2.32 bits per heavy atom. The van der Waals surface area contributed by atoms with Crippen LogP contribution in [0.1, 0.15) is 59.2 Å².